The van der Waals surface area contributed by atoms with Gasteiger partial charge in [-0.15, -0.1) is 0 Å². The lowest BCUT2D eigenvalue weighted by molar-refractivity contribution is -0.113. The largest absolute Gasteiger partial charge is 0.295 e. The molecule has 2 heteroatoms. The molecule has 0 radical (unpaired) electrons. The zero-order valence-electron chi connectivity index (χ0n) is 10.5. The van der Waals surface area contributed by atoms with E-state index >= 15 is 0 Å². The molecule has 0 aliphatic heterocycles. The van der Waals surface area contributed by atoms with Crippen molar-refractivity contribution in [3.05, 3.63) is 41.2 Å². The first kappa shape index (κ1) is 13.6. The molecule has 0 fully saturated rings. The number of ketones is 1. The number of hydrogen-bond donors (Lipinski definition) is 0. The lowest BCUT2D eigenvalue weighted by Crippen LogP contribution is -1.97. The van der Waals surface area contributed by atoms with E-state index in [0.717, 1.165) is 25.7 Å². The molecule has 1 nitrogen and oxygen atoms in total. The number of rotatable bonds is 6. The van der Waals surface area contributed by atoms with E-state index in [0.29, 0.717) is 11.1 Å². The fourth-order valence-corrected chi connectivity index (χ4v) is 1.70. The molecule has 1 aromatic rings. The Balaban J connectivity index is 2.83. The molecule has 0 bridgehead atoms. The van der Waals surface area contributed by atoms with Crippen LogP contribution in [0.1, 0.15) is 45.1 Å². The second kappa shape index (κ2) is 7.00. The van der Waals surface area contributed by atoms with Crippen LogP contribution in [-0.2, 0) is 4.79 Å². The minimum absolute atomic E-state index is 0.0318. The molecule has 17 heavy (non-hydrogen) atoms. The van der Waals surface area contributed by atoms with Crippen LogP contribution in [0.3, 0.4) is 0 Å². The van der Waals surface area contributed by atoms with Gasteiger partial charge >= 0.3 is 0 Å². The molecule has 0 aliphatic carbocycles. The topological polar surface area (TPSA) is 17.1 Å². The van der Waals surface area contributed by atoms with Gasteiger partial charge in [-0.2, -0.15) is 0 Å². The molecule has 0 heterocycles. The summed E-state index contributed by atoms with van der Waals surface area (Å²) in [6.45, 7) is 3.66. The van der Waals surface area contributed by atoms with Crippen LogP contribution in [-0.4, -0.2) is 5.78 Å². The van der Waals surface area contributed by atoms with Crippen molar-refractivity contribution < 1.29 is 9.18 Å². The van der Waals surface area contributed by atoms with Crippen LogP contribution in [0.5, 0.6) is 0 Å². The molecule has 0 aliphatic rings. The third-order valence-corrected chi connectivity index (χ3v) is 2.74. The van der Waals surface area contributed by atoms with Gasteiger partial charge in [0.15, 0.2) is 5.78 Å². The summed E-state index contributed by atoms with van der Waals surface area (Å²) in [4.78, 5) is 11.5. The SMILES string of the molecule is CCCCC/C(=C\c1ccccc1F)C(C)=O. The molecule has 1 rings (SSSR count). The number of allylic oxidation sites excluding steroid dienone is 1. The number of Topliss-reactive ketones (excluding diaryl/α,β-unsaturated/α-hetero) is 1. The minimum Gasteiger partial charge on any atom is -0.295 e. The molecule has 0 spiro atoms. The molecule has 1 aromatic carbocycles. The quantitative estimate of drug-likeness (QED) is 0.527. The number of halogens is 1. The second-order valence-corrected chi connectivity index (χ2v) is 4.20. The van der Waals surface area contributed by atoms with Crippen molar-refractivity contribution in [3.63, 3.8) is 0 Å². The fraction of sp³-hybridized carbons (Fsp3) is 0.400. The maximum atomic E-state index is 13.4. The average Bonchev–Trinajstić information content (AvgIpc) is 2.30. The zero-order valence-corrected chi connectivity index (χ0v) is 10.5. The van der Waals surface area contributed by atoms with Gasteiger partial charge in [-0.25, -0.2) is 4.39 Å². The third-order valence-electron chi connectivity index (χ3n) is 2.74. The molecule has 0 saturated carbocycles. The van der Waals surface area contributed by atoms with Gasteiger partial charge in [0.1, 0.15) is 5.82 Å². The standard InChI is InChI=1S/C15H19FO/c1-3-4-5-8-13(12(2)17)11-14-9-6-7-10-15(14)16/h6-7,9-11H,3-5,8H2,1-2H3/b13-11+. The van der Waals surface area contributed by atoms with Crippen molar-refractivity contribution in [2.45, 2.75) is 39.5 Å². The fourth-order valence-electron chi connectivity index (χ4n) is 1.70. The minimum atomic E-state index is -0.276. The Bertz CT molecular complexity index is 407. The lowest BCUT2D eigenvalue weighted by atomic mass is 10.0. The van der Waals surface area contributed by atoms with Crippen molar-refractivity contribution in [1.29, 1.82) is 0 Å². The number of unbranched alkanes of at least 4 members (excludes halogenated alkanes) is 2. The van der Waals surface area contributed by atoms with E-state index in [-0.39, 0.29) is 11.6 Å². The van der Waals surface area contributed by atoms with Crippen LogP contribution >= 0.6 is 0 Å². The normalized spacial score (nSPS) is 11.6. The summed E-state index contributed by atoms with van der Waals surface area (Å²) in [5, 5.41) is 0. The molecule has 0 N–H and O–H groups in total. The van der Waals surface area contributed by atoms with Gasteiger partial charge < -0.3 is 0 Å². The van der Waals surface area contributed by atoms with Gasteiger partial charge in [0, 0.05) is 5.56 Å². The highest BCUT2D eigenvalue weighted by Gasteiger charge is 2.05. The van der Waals surface area contributed by atoms with Crippen LogP contribution < -0.4 is 0 Å². The first-order valence-electron chi connectivity index (χ1n) is 6.11. The van der Waals surface area contributed by atoms with Gasteiger partial charge in [0.25, 0.3) is 0 Å². The van der Waals surface area contributed by atoms with Gasteiger partial charge in [-0.1, -0.05) is 38.0 Å². The van der Waals surface area contributed by atoms with Crippen molar-refractivity contribution in [2.24, 2.45) is 0 Å². The first-order valence-corrected chi connectivity index (χ1v) is 6.11. The van der Waals surface area contributed by atoms with Crippen molar-refractivity contribution in [3.8, 4) is 0 Å². The third kappa shape index (κ3) is 4.51. The van der Waals surface area contributed by atoms with E-state index in [1.165, 1.54) is 6.07 Å². The highest BCUT2D eigenvalue weighted by Crippen LogP contribution is 2.16. The van der Waals surface area contributed by atoms with Crippen LogP contribution in [0.25, 0.3) is 6.08 Å². The molecule has 0 atom stereocenters. The number of carbonyl (C=O) groups excluding carboxylic acids is 1. The first-order chi connectivity index (χ1) is 8.15. The highest BCUT2D eigenvalue weighted by atomic mass is 19.1. The molecule has 0 saturated heterocycles. The van der Waals surface area contributed by atoms with Crippen LogP contribution in [0.15, 0.2) is 29.8 Å². The van der Waals surface area contributed by atoms with E-state index in [1.54, 1.807) is 31.2 Å². The monoisotopic (exact) mass is 234 g/mol. The summed E-state index contributed by atoms with van der Waals surface area (Å²) >= 11 is 0. The Kier molecular flexibility index (Phi) is 5.61. The van der Waals surface area contributed by atoms with Gasteiger partial charge in [0.05, 0.1) is 0 Å². The smallest absolute Gasteiger partial charge is 0.155 e. The number of benzene rings is 1. The van der Waals surface area contributed by atoms with Gasteiger partial charge in [-0.05, 0) is 37.5 Å². The highest BCUT2D eigenvalue weighted by molar-refractivity contribution is 5.97. The van der Waals surface area contributed by atoms with Gasteiger partial charge in [0.2, 0.25) is 0 Å². The lowest BCUT2D eigenvalue weighted by Gasteiger charge is -2.04. The van der Waals surface area contributed by atoms with Crippen molar-refractivity contribution in [1.82, 2.24) is 0 Å². The van der Waals surface area contributed by atoms with Crippen molar-refractivity contribution in [2.75, 3.05) is 0 Å². The van der Waals surface area contributed by atoms with E-state index in [2.05, 4.69) is 6.92 Å². The number of hydrogen-bond acceptors (Lipinski definition) is 1. The summed E-state index contributed by atoms with van der Waals surface area (Å²) < 4.78 is 13.4. The Morgan fingerprint density at radius 3 is 2.59 bits per heavy atom. The molecular weight excluding hydrogens is 215 g/mol. The van der Waals surface area contributed by atoms with E-state index in [4.69, 9.17) is 0 Å². The van der Waals surface area contributed by atoms with E-state index < -0.39 is 0 Å². The molecular formula is C15H19FO. The summed E-state index contributed by atoms with van der Waals surface area (Å²) in [6.07, 6.45) is 5.61. The maximum Gasteiger partial charge on any atom is 0.155 e. The molecule has 0 aromatic heterocycles. The Morgan fingerprint density at radius 1 is 1.29 bits per heavy atom. The van der Waals surface area contributed by atoms with Crippen LogP contribution in [0.2, 0.25) is 0 Å². The Hall–Kier alpha value is -1.44. The summed E-state index contributed by atoms with van der Waals surface area (Å²) in [7, 11) is 0. The summed E-state index contributed by atoms with van der Waals surface area (Å²) in [5.74, 6) is -0.244. The molecule has 0 unspecified atom stereocenters. The summed E-state index contributed by atoms with van der Waals surface area (Å²) in [5.41, 5.74) is 1.21. The Morgan fingerprint density at radius 2 is 2.00 bits per heavy atom. The summed E-state index contributed by atoms with van der Waals surface area (Å²) in [6, 6.07) is 6.53. The van der Waals surface area contributed by atoms with Crippen LogP contribution in [0, 0.1) is 5.82 Å². The zero-order chi connectivity index (χ0) is 12.7. The predicted molar refractivity (Wildman–Crippen MR) is 69.2 cm³/mol. The maximum absolute atomic E-state index is 13.4. The molecule has 92 valence electrons. The van der Waals surface area contributed by atoms with E-state index in [9.17, 15) is 9.18 Å². The van der Waals surface area contributed by atoms with E-state index in [1.807, 2.05) is 0 Å². The Labute approximate surface area is 102 Å². The average molecular weight is 234 g/mol. The number of carbonyl (C=O) groups is 1. The van der Waals surface area contributed by atoms with Crippen LogP contribution in [0.4, 0.5) is 4.39 Å². The van der Waals surface area contributed by atoms with Gasteiger partial charge in [-0.3, -0.25) is 4.79 Å². The van der Waals surface area contributed by atoms with Crippen molar-refractivity contribution >= 4 is 11.9 Å². The molecule has 0 amide bonds. The predicted octanol–water partition coefficient (Wildman–Crippen LogP) is 4.38. The second-order valence-electron chi connectivity index (χ2n) is 4.20.